The molecule has 2 aromatic carbocycles. The van der Waals surface area contributed by atoms with E-state index in [0.29, 0.717) is 64.6 Å². The second-order valence-electron chi connectivity index (χ2n) is 27.8. The molecule has 0 aromatic heterocycles. The molecule has 1 amide bonds. The number of aliphatic hydroxyl groups excluding tert-OH is 2. The highest BCUT2D eigenvalue weighted by atomic mass is 19.1. The van der Waals surface area contributed by atoms with E-state index in [1.807, 2.05) is 30.4 Å². The number of allylic oxidation sites excluding steroid dienone is 2. The zero-order valence-electron chi connectivity index (χ0n) is 59.0. The highest BCUT2D eigenvalue weighted by molar-refractivity contribution is 5.78. The fraction of sp³-hybridized carbons (Fsp3) is 0.722. The highest BCUT2D eigenvalue weighted by Crippen LogP contribution is 2.49. The van der Waals surface area contributed by atoms with Gasteiger partial charge in [-0.25, -0.2) is 9.18 Å². The maximum Gasteiger partial charge on any atom is 0.410 e. The number of piperidine rings is 2. The van der Waals surface area contributed by atoms with Crippen molar-refractivity contribution in [3.63, 3.8) is 0 Å². The van der Waals surface area contributed by atoms with E-state index in [4.69, 9.17) is 28.4 Å². The van der Waals surface area contributed by atoms with Crippen LogP contribution in [0.25, 0.3) is 0 Å². The quantitative estimate of drug-likeness (QED) is 0.0274. The third kappa shape index (κ3) is 27.2. The van der Waals surface area contributed by atoms with Gasteiger partial charge >= 0.3 is 35.9 Å². The highest BCUT2D eigenvalue weighted by Gasteiger charge is 2.54. The molecule has 12 atom stereocenters. The zero-order chi connectivity index (χ0) is 68.7. The molecule has 4 aliphatic heterocycles. The van der Waals surface area contributed by atoms with E-state index in [0.717, 1.165) is 204 Å². The van der Waals surface area contributed by atoms with Gasteiger partial charge < -0.3 is 43.5 Å². The molecule has 16 nitrogen and oxygen atoms in total. The molecule has 0 radical (unpaired) electrons. The van der Waals surface area contributed by atoms with Gasteiger partial charge in [-0.3, -0.25) is 28.9 Å². The summed E-state index contributed by atoms with van der Waals surface area (Å²) in [5.74, 6) is -2.66. The van der Waals surface area contributed by atoms with Crippen LogP contribution in [0.1, 0.15) is 281 Å². The van der Waals surface area contributed by atoms with Crippen molar-refractivity contribution in [2.45, 2.75) is 318 Å². The number of rotatable bonds is 49. The fourth-order valence-electron chi connectivity index (χ4n) is 15.4. The van der Waals surface area contributed by atoms with Gasteiger partial charge in [0.15, 0.2) is 0 Å². The van der Waals surface area contributed by atoms with Crippen LogP contribution in [-0.2, 0) is 52.4 Å². The van der Waals surface area contributed by atoms with Crippen LogP contribution in [0, 0.1) is 17.7 Å². The molecule has 17 heteroatoms. The monoisotopic (exact) mass is 1340 g/mol. The third-order valence-corrected chi connectivity index (χ3v) is 20.7. The van der Waals surface area contributed by atoms with Gasteiger partial charge in [0.2, 0.25) is 0 Å². The molecule has 0 aliphatic carbocycles. The second kappa shape index (κ2) is 45.8. The first-order valence-corrected chi connectivity index (χ1v) is 37.7. The molecule has 4 heterocycles. The Bertz CT molecular complexity index is 2600. The summed E-state index contributed by atoms with van der Waals surface area (Å²) in [4.78, 5) is 82.4. The van der Waals surface area contributed by atoms with E-state index >= 15 is 0 Å². The van der Waals surface area contributed by atoms with Gasteiger partial charge in [0.05, 0.1) is 58.0 Å². The average molecular weight is 1340 g/mol. The van der Waals surface area contributed by atoms with Crippen molar-refractivity contribution < 1.29 is 71.8 Å². The number of unbranched alkanes of at least 4 members (excludes halogenated alkanes) is 21. The van der Waals surface area contributed by atoms with E-state index in [-0.39, 0.29) is 72.1 Å². The van der Waals surface area contributed by atoms with Crippen molar-refractivity contribution in [2.24, 2.45) is 11.8 Å². The molecule has 538 valence electrons. The molecule has 96 heavy (non-hydrogen) atoms. The summed E-state index contributed by atoms with van der Waals surface area (Å²) in [6, 6.07) is 15.9. The smallest absolute Gasteiger partial charge is 0.410 e. The number of nitrogens with zero attached hydrogens (tertiary/aromatic N) is 2. The van der Waals surface area contributed by atoms with Gasteiger partial charge in [-0.1, -0.05) is 183 Å². The molecular weight excluding hydrogens is 1220 g/mol. The number of hydrogen-bond donors (Lipinski definition) is 2. The predicted octanol–water partition coefficient (Wildman–Crippen LogP) is 16.6. The minimum Gasteiger partial charge on any atom is -0.469 e. The zero-order valence-corrected chi connectivity index (χ0v) is 59.0. The standard InChI is InChI=1S/C79H121FN2O14/c1-5-7-28-42-70(95-74(87)58-81-62-50-52-66(81)75(77(88)91-3)64(56-62)59-38-30-27-31-39-59)68(83)40-32-21-15-9-11-17-23-34-44-72(85)93-54-36-25-19-13-14-20-26-37-55-94-73(86)45-35-24-18-12-10-16-22-33-41-69(84)71(43-29-8-6-2)96-79(90)82-63-51-53-67(82)76(78(89)92-4)65(57-63)60-46-48-61(80)49-47-60/h21-22,27,30-33,38-39,46-49,62-71,75-76,83-84H,5-20,23-26,28-29,34-37,40-45,50-58H2,1-4H3/t62?,63?,64-,65+,66?,67?,68?,69?,70?,71?,75?,76?/m1/s1. The van der Waals surface area contributed by atoms with Crippen LogP contribution in [0.4, 0.5) is 9.18 Å². The largest absolute Gasteiger partial charge is 0.469 e. The number of benzene rings is 2. The predicted molar refractivity (Wildman–Crippen MR) is 372 cm³/mol. The van der Waals surface area contributed by atoms with E-state index in [2.05, 4.69) is 43.0 Å². The van der Waals surface area contributed by atoms with Crippen molar-refractivity contribution in [3.05, 3.63) is 95.8 Å². The summed E-state index contributed by atoms with van der Waals surface area (Å²) in [6.45, 7) is 5.29. The number of aliphatic hydroxyl groups is 2. The second-order valence-corrected chi connectivity index (χ2v) is 27.8. The van der Waals surface area contributed by atoms with Gasteiger partial charge in [-0.2, -0.15) is 0 Å². The van der Waals surface area contributed by atoms with E-state index < -0.39 is 48.4 Å². The fourth-order valence-corrected chi connectivity index (χ4v) is 15.4. The van der Waals surface area contributed by atoms with Crippen LogP contribution in [0.2, 0.25) is 0 Å². The Labute approximate surface area is 574 Å². The lowest BCUT2D eigenvalue weighted by atomic mass is 9.76. The van der Waals surface area contributed by atoms with Gasteiger partial charge in [0, 0.05) is 48.8 Å². The normalized spacial score (nSPS) is 22.0. The van der Waals surface area contributed by atoms with E-state index in [1.165, 1.54) is 26.4 Å². The van der Waals surface area contributed by atoms with Crippen LogP contribution in [0.5, 0.6) is 0 Å². The minimum absolute atomic E-state index is 0.0415. The number of amides is 1. The van der Waals surface area contributed by atoms with E-state index in [9.17, 15) is 43.4 Å². The molecule has 2 aromatic rings. The summed E-state index contributed by atoms with van der Waals surface area (Å²) in [7, 11) is 2.80. The Hall–Kier alpha value is -5.65. The Kier molecular flexibility index (Phi) is 37.9. The first kappa shape index (κ1) is 79.3. The maximum absolute atomic E-state index is 13.9. The van der Waals surface area contributed by atoms with Crippen LogP contribution in [0.15, 0.2) is 78.9 Å². The number of fused-ring (bicyclic) bond motifs is 4. The van der Waals surface area contributed by atoms with Crippen molar-refractivity contribution in [3.8, 4) is 0 Å². The maximum atomic E-state index is 13.9. The molecule has 10 unspecified atom stereocenters. The van der Waals surface area contributed by atoms with Crippen molar-refractivity contribution in [2.75, 3.05) is 34.0 Å². The van der Waals surface area contributed by atoms with Crippen molar-refractivity contribution >= 4 is 35.9 Å². The Morgan fingerprint density at radius 3 is 1.47 bits per heavy atom. The topological polar surface area (TPSA) is 205 Å². The SMILES string of the molecule is CCCCCC(OC(=O)CN1C2CCC1C(C(=O)OC)[C@@H](c1ccccc1)C2)C(O)CC=CCCCCCCCC(=O)OCCCCCCCCCCOC(=O)CCCCCCCC=CCC(O)C(CCCCC)OC(=O)N1C2CCC1C(C(=O)OC)[C@H](c1ccc(F)cc1)C2. The molecule has 4 saturated heterocycles. The molecule has 4 bridgehead atoms. The van der Waals surface area contributed by atoms with Crippen LogP contribution in [0.3, 0.4) is 0 Å². The minimum atomic E-state index is -0.857. The summed E-state index contributed by atoms with van der Waals surface area (Å²) < 4.78 is 47.5. The number of hydrogen-bond acceptors (Lipinski definition) is 15. The molecule has 2 N–H and O–H groups in total. The number of carbonyl (C=O) groups is 6. The van der Waals surface area contributed by atoms with Crippen LogP contribution in [-0.4, -0.2) is 139 Å². The molecule has 6 rings (SSSR count). The Morgan fingerprint density at radius 2 is 0.948 bits per heavy atom. The lowest BCUT2D eigenvalue weighted by molar-refractivity contribution is -0.161. The number of carbonyl (C=O) groups excluding carboxylic acids is 6. The van der Waals surface area contributed by atoms with Gasteiger partial charge in [0.1, 0.15) is 18.0 Å². The summed E-state index contributed by atoms with van der Waals surface area (Å²) >= 11 is 0. The number of esters is 5. The lowest BCUT2D eigenvalue weighted by Crippen LogP contribution is -2.54. The van der Waals surface area contributed by atoms with Gasteiger partial charge in [-0.15, -0.1) is 0 Å². The van der Waals surface area contributed by atoms with Crippen LogP contribution < -0.4 is 0 Å². The van der Waals surface area contributed by atoms with E-state index in [1.54, 1.807) is 17.0 Å². The molecule has 4 fully saturated rings. The summed E-state index contributed by atoms with van der Waals surface area (Å²) in [6.07, 6.45) is 37.8. The van der Waals surface area contributed by atoms with Crippen molar-refractivity contribution in [1.29, 1.82) is 0 Å². The number of methoxy groups -OCH3 is 2. The molecule has 0 spiro atoms. The number of ether oxygens (including phenoxy) is 6. The van der Waals surface area contributed by atoms with Crippen LogP contribution >= 0.6 is 0 Å². The molecule has 0 saturated carbocycles. The first-order chi connectivity index (χ1) is 46.8. The number of halogens is 1. The Morgan fingerprint density at radius 1 is 0.500 bits per heavy atom. The van der Waals surface area contributed by atoms with Gasteiger partial charge in [0.25, 0.3) is 0 Å². The van der Waals surface area contributed by atoms with Gasteiger partial charge in [-0.05, 0) is 152 Å². The molecular formula is C79H121FN2O14. The third-order valence-electron chi connectivity index (χ3n) is 20.7. The first-order valence-electron chi connectivity index (χ1n) is 37.7. The average Bonchev–Trinajstić information content (AvgIpc) is 1.56. The van der Waals surface area contributed by atoms with Crippen molar-refractivity contribution in [1.82, 2.24) is 9.80 Å². The molecule has 4 aliphatic rings. The summed E-state index contributed by atoms with van der Waals surface area (Å²) in [5.41, 5.74) is 1.99. The lowest BCUT2D eigenvalue weighted by Gasteiger charge is -2.43. The Balaban J connectivity index is 0.696. The summed E-state index contributed by atoms with van der Waals surface area (Å²) in [5, 5.41) is 22.5.